The van der Waals surface area contributed by atoms with Gasteiger partial charge in [0.05, 0.1) is 5.52 Å². The van der Waals surface area contributed by atoms with Crippen LogP contribution in [0.4, 0.5) is 5.82 Å². The van der Waals surface area contributed by atoms with E-state index in [0.717, 1.165) is 29.8 Å². The molecule has 3 nitrogen and oxygen atoms in total. The molecule has 0 N–H and O–H groups in total. The normalized spacial score (nSPS) is 10.5. The summed E-state index contributed by atoms with van der Waals surface area (Å²) in [6.45, 7) is 6.22. The molecule has 2 aromatic rings. The minimum absolute atomic E-state index is 0.970. The number of hydrogen-bond donors (Lipinski definition) is 0. The van der Waals surface area contributed by atoms with Crippen molar-refractivity contribution in [2.45, 2.75) is 13.8 Å². The third-order valence-corrected chi connectivity index (χ3v) is 2.58. The van der Waals surface area contributed by atoms with Gasteiger partial charge in [-0.25, -0.2) is 9.97 Å². The van der Waals surface area contributed by atoms with Crippen LogP contribution >= 0.6 is 0 Å². The smallest absolute Gasteiger partial charge is 0.139 e. The lowest BCUT2D eigenvalue weighted by molar-refractivity contribution is 0.849. The predicted octanol–water partition coefficient (Wildman–Crippen LogP) is 2.48. The van der Waals surface area contributed by atoms with Crippen molar-refractivity contribution in [1.29, 1.82) is 0 Å². The zero-order chi connectivity index (χ0) is 10.7. The highest BCUT2D eigenvalue weighted by Crippen LogP contribution is 2.21. The Kier molecular flexibility index (Phi) is 2.81. The number of rotatable bonds is 3. The summed E-state index contributed by atoms with van der Waals surface area (Å²) in [7, 11) is 0. The molecule has 3 heteroatoms. The summed E-state index contributed by atoms with van der Waals surface area (Å²) >= 11 is 0. The van der Waals surface area contributed by atoms with E-state index >= 15 is 0 Å². The second-order valence-corrected chi connectivity index (χ2v) is 3.39. The molecule has 1 heterocycles. The summed E-state index contributed by atoms with van der Waals surface area (Å²) in [4.78, 5) is 10.9. The quantitative estimate of drug-likeness (QED) is 0.764. The number of hydrogen-bond acceptors (Lipinski definition) is 3. The minimum Gasteiger partial charge on any atom is -0.357 e. The van der Waals surface area contributed by atoms with Crippen LogP contribution < -0.4 is 4.90 Å². The van der Waals surface area contributed by atoms with Gasteiger partial charge in [0, 0.05) is 18.5 Å². The van der Waals surface area contributed by atoms with E-state index in [2.05, 4.69) is 34.8 Å². The van der Waals surface area contributed by atoms with Gasteiger partial charge in [-0.2, -0.15) is 0 Å². The molecule has 0 saturated carbocycles. The standard InChI is InChI=1S/C12H15N3/c1-3-15(4-2)12-10-7-5-6-8-11(10)13-9-14-12/h5-9H,3-4H2,1-2H3. The molecule has 0 saturated heterocycles. The number of anilines is 1. The van der Waals surface area contributed by atoms with Crippen molar-refractivity contribution in [1.82, 2.24) is 9.97 Å². The molecule has 1 aromatic heterocycles. The van der Waals surface area contributed by atoms with Crippen LogP contribution in [0.25, 0.3) is 10.9 Å². The maximum atomic E-state index is 4.36. The molecule has 0 amide bonds. The fourth-order valence-electron chi connectivity index (χ4n) is 1.77. The van der Waals surface area contributed by atoms with Crippen molar-refractivity contribution < 1.29 is 0 Å². The van der Waals surface area contributed by atoms with Crippen molar-refractivity contribution in [2.24, 2.45) is 0 Å². The van der Waals surface area contributed by atoms with Crippen LogP contribution in [0.3, 0.4) is 0 Å². The molecule has 1 aromatic carbocycles. The van der Waals surface area contributed by atoms with E-state index in [-0.39, 0.29) is 0 Å². The lowest BCUT2D eigenvalue weighted by Crippen LogP contribution is -2.23. The Morgan fingerprint density at radius 2 is 1.80 bits per heavy atom. The fourth-order valence-corrected chi connectivity index (χ4v) is 1.77. The lowest BCUT2D eigenvalue weighted by Gasteiger charge is -2.20. The highest BCUT2D eigenvalue weighted by Gasteiger charge is 2.07. The maximum Gasteiger partial charge on any atom is 0.139 e. The van der Waals surface area contributed by atoms with Crippen molar-refractivity contribution in [3.63, 3.8) is 0 Å². The monoisotopic (exact) mass is 201 g/mol. The molecular weight excluding hydrogens is 186 g/mol. The van der Waals surface area contributed by atoms with Gasteiger partial charge in [0.1, 0.15) is 12.1 Å². The Bertz CT molecular complexity index is 444. The molecule has 0 atom stereocenters. The van der Waals surface area contributed by atoms with E-state index < -0.39 is 0 Å². The Morgan fingerprint density at radius 3 is 2.53 bits per heavy atom. The summed E-state index contributed by atoms with van der Waals surface area (Å²) in [5.41, 5.74) is 1.01. The first kappa shape index (κ1) is 9.90. The van der Waals surface area contributed by atoms with Crippen LogP contribution in [0, 0.1) is 0 Å². The van der Waals surface area contributed by atoms with Crippen molar-refractivity contribution in [2.75, 3.05) is 18.0 Å². The fraction of sp³-hybridized carbons (Fsp3) is 0.333. The highest BCUT2D eigenvalue weighted by molar-refractivity contribution is 5.89. The Balaban J connectivity index is 2.59. The molecule has 0 unspecified atom stereocenters. The Labute approximate surface area is 89.8 Å². The van der Waals surface area contributed by atoms with Gasteiger partial charge in [0.2, 0.25) is 0 Å². The number of nitrogens with zero attached hydrogens (tertiary/aromatic N) is 3. The average molecular weight is 201 g/mol. The molecule has 0 aliphatic carbocycles. The molecule has 0 aliphatic rings. The first-order chi connectivity index (χ1) is 7.36. The van der Waals surface area contributed by atoms with Gasteiger partial charge in [0.15, 0.2) is 0 Å². The van der Waals surface area contributed by atoms with Gasteiger partial charge in [-0.05, 0) is 26.0 Å². The zero-order valence-corrected chi connectivity index (χ0v) is 9.14. The average Bonchev–Trinajstić information content (AvgIpc) is 2.31. The van der Waals surface area contributed by atoms with Crippen LogP contribution in [0.15, 0.2) is 30.6 Å². The van der Waals surface area contributed by atoms with E-state index in [1.165, 1.54) is 0 Å². The zero-order valence-electron chi connectivity index (χ0n) is 9.14. The van der Waals surface area contributed by atoms with Gasteiger partial charge in [-0.3, -0.25) is 0 Å². The second-order valence-electron chi connectivity index (χ2n) is 3.39. The predicted molar refractivity (Wildman–Crippen MR) is 63.1 cm³/mol. The van der Waals surface area contributed by atoms with Gasteiger partial charge in [-0.15, -0.1) is 0 Å². The Hall–Kier alpha value is -1.64. The van der Waals surface area contributed by atoms with Crippen molar-refractivity contribution in [3.8, 4) is 0 Å². The van der Waals surface area contributed by atoms with E-state index in [4.69, 9.17) is 0 Å². The largest absolute Gasteiger partial charge is 0.357 e. The van der Waals surface area contributed by atoms with E-state index in [0.29, 0.717) is 0 Å². The van der Waals surface area contributed by atoms with Crippen LogP contribution in [0.5, 0.6) is 0 Å². The molecule has 78 valence electrons. The van der Waals surface area contributed by atoms with Crippen molar-refractivity contribution in [3.05, 3.63) is 30.6 Å². The first-order valence-electron chi connectivity index (χ1n) is 5.31. The number of benzene rings is 1. The molecular formula is C12H15N3. The van der Waals surface area contributed by atoms with E-state index in [1.807, 2.05) is 18.2 Å². The summed E-state index contributed by atoms with van der Waals surface area (Å²) in [6, 6.07) is 8.12. The third kappa shape index (κ3) is 1.77. The lowest BCUT2D eigenvalue weighted by atomic mass is 10.2. The molecule has 15 heavy (non-hydrogen) atoms. The third-order valence-electron chi connectivity index (χ3n) is 2.58. The molecule has 0 aliphatic heterocycles. The molecule has 0 radical (unpaired) electrons. The SMILES string of the molecule is CCN(CC)c1ncnc2ccccc12. The topological polar surface area (TPSA) is 29.0 Å². The minimum atomic E-state index is 0.970. The van der Waals surface area contributed by atoms with Crippen LogP contribution in [-0.2, 0) is 0 Å². The van der Waals surface area contributed by atoms with E-state index in [9.17, 15) is 0 Å². The summed E-state index contributed by atoms with van der Waals surface area (Å²) in [5, 5.41) is 1.13. The number of fused-ring (bicyclic) bond motifs is 1. The Morgan fingerprint density at radius 1 is 1.07 bits per heavy atom. The first-order valence-corrected chi connectivity index (χ1v) is 5.31. The molecule has 0 spiro atoms. The number of aromatic nitrogens is 2. The number of para-hydroxylation sites is 1. The summed E-state index contributed by atoms with van der Waals surface area (Å²) < 4.78 is 0. The van der Waals surface area contributed by atoms with Crippen molar-refractivity contribution >= 4 is 16.7 Å². The van der Waals surface area contributed by atoms with Crippen LogP contribution in [0.1, 0.15) is 13.8 Å². The highest BCUT2D eigenvalue weighted by atomic mass is 15.2. The van der Waals surface area contributed by atoms with Crippen LogP contribution in [0.2, 0.25) is 0 Å². The molecule has 0 bridgehead atoms. The van der Waals surface area contributed by atoms with Gasteiger partial charge >= 0.3 is 0 Å². The summed E-state index contributed by atoms with van der Waals surface area (Å²) in [6.07, 6.45) is 1.63. The summed E-state index contributed by atoms with van der Waals surface area (Å²) in [5.74, 6) is 1.03. The molecule has 2 rings (SSSR count). The maximum absolute atomic E-state index is 4.36. The van der Waals surface area contributed by atoms with Gasteiger partial charge in [-0.1, -0.05) is 12.1 Å². The van der Waals surface area contributed by atoms with Gasteiger partial charge < -0.3 is 4.90 Å². The molecule has 0 fully saturated rings. The van der Waals surface area contributed by atoms with E-state index in [1.54, 1.807) is 6.33 Å². The van der Waals surface area contributed by atoms with Crippen LogP contribution in [-0.4, -0.2) is 23.1 Å². The second kappa shape index (κ2) is 4.26. The van der Waals surface area contributed by atoms with Gasteiger partial charge in [0.25, 0.3) is 0 Å².